The predicted molar refractivity (Wildman–Crippen MR) is 178 cm³/mol. The zero-order chi connectivity index (χ0) is 28.3. The van der Waals surface area contributed by atoms with E-state index >= 15 is 0 Å². The van der Waals surface area contributed by atoms with Gasteiger partial charge in [0.2, 0.25) is 5.95 Å². The van der Waals surface area contributed by atoms with Gasteiger partial charge in [-0.2, -0.15) is 9.97 Å². The average Bonchev–Trinajstić information content (AvgIpc) is 3.42. The quantitative estimate of drug-likeness (QED) is 0.206. The van der Waals surface area contributed by atoms with Crippen molar-refractivity contribution in [3.63, 3.8) is 0 Å². The van der Waals surface area contributed by atoms with Crippen LogP contribution in [0.3, 0.4) is 0 Å². The molecule has 0 aliphatic heterocycles. The van der Waals surface area contributed by atoms with Crippen molar-refractivity contribution in [3.05, 3.63) is 146 Å². The van der Waals surface area contributed by atoms with E-state index in [9.17, 15) is 0 Å². The van der Waals surface area contributed by atoms with E-state index in [4.69, 9.17) is 15.0 Å². The molecule has 4 nitrogen and oxygen atoms in total. The van der Waals surface area contributed by atoms with Gasteiger partial charge in [0.1, 0.15) is 0 Å². The molecule has 9 aromatic rings. The summed E-state index contributed by atoms with van der Waals surface area (Å²) in [5.74, 6) is 1.89. The Morgan fingerprint density at radius 2 is 0.930 bits per heavy atom. The topological polar surface area (TPSA) is 43.6 Å². The average molecular weight is 549 g/mol. The first kappa shape index (κ1) is 23.8. The Hall–Kier alpha value is -5.87. The fourth-order valence-corrected chi connectivity index (χ4v) is 6.42. The molecule has 0 saturated carbocycles. The lowest BCUT2D eigenvalue weighted by molar-refractivity contribution is 0.953. The molecule has 0 bridgehead atoms. The van der Waals surface area contributed by atoms with Crippen molar-refractivity contribution in [2.24, 2.45) is 0 Å². The maximum Gasteiger partial charge on any atom is 0.238 e. The van der Waals surface area contributed by atoms with Gasteiger partial charge in [0.05, 0.1) is 11.0 Å². The molecule has 0 atom stereocenters. The first-order valence-electron chi connectivity index (χ1n) is 14.5. The highest BCUT2D eigenvalue weighted by Crippen LogP contribution is 2.35. The number of hydrogen-bond donors (Lipinski definition) is 0. The number of para-hydroxylation sites is 2. The molecular formula is C39H24N4. The second kappa shape index (κ2) is 9.33. The van der Waals surface area contributed by atoms with Crippen LogP contribution in [-0.4, -0.2) is 19.5 Å². The lowest BCUT2D eigenvalue weighted by Gasteiger charge is -2.12. The van der Waals surface area contributed by atoms with Gasteiger partial charge in [-0.3, -0.25) is 4.57 Å². The first-order valence-corrected chi connectivity index (χ1v) is 14.5. The summed E-state index contributed by atoms with van der Waals surface area (Å²) >= 11 is 0. The van der Waals surface area contributed by atoms with E-state index in [1.165, 1.54) is 37.7 Å². The molecule has 0 spiro atoms. The molecule has 9 rings (SSSR count). The van der Waals surface area contributed by atoms with E-state index in [0.29, 0.717) is 17.6 Å². The highest BCUT2D eigenvalue weighted by molar-refractivity contribution is 6.20. The Labute approximate surface area is 247 Å². The van der Waals surface area contributed by atoms with Gasteiger partial charge in [-0.1, -0.05) is 127 Å². The van der Waals surface area contributed by atoms with Crippen molar-refractivity contribution in [3.8, 4) is 28.7 Å². The van der Waals surface area contributed by atoms with E-state index in [1.54, 1.807) is 0 Å². The summed E-state index contributed by atoms with van der Waals surface area (Å²) in [7, 11) is 0. The van der Waals surface area contributed by atoms with Crippen LogP contribution in [0.1, 0.15) is 0 Å². The van der Waals surface area contributed by atoms with Gasteiger partial charge >= 0.3 is 0 Å². The minimum atomic E-state index is 0.603. The van der Waals surface area contributed by atoms with E-state index in [2.05, 4.69) is 120 Å². The summed E-state index contributed by atoms with van der Waals surface area (Å²) in [6, 6.07) is 51.0. The van der Waals surface area contributed by atoms with E-state index in [-0.39, 0.29) is 0 Å². The zero-order valence-corrected chi connectivity index (χ0v) is 23.1. The van der Waals surface area contributed by atoms with Crippen LogP contribution in [0, 0.1) is 0 Å². The monoisotopic (exact) mass is 548 g/mol. The molecule has 7 aromatic carbocycles. The smallest absolute Gasteiger partial charge is 0.238 e. The summed E-state index contributed by atoms with van der Waals surface area (Å²) in [6.45, 7) is 0. The normalized spacial score (nSPS) is 11.7. The molecule has 200 valence electrons. The number of benzene rings is 7. The van der Waals surface area contributed by atoms with Crippen LogP contribution in [0.15, 0.2) is 146 Å². The Morgan fingerprint density at radius 1 is 0.372 bits per heavy atom. The number of rotatable bonds is 3. The van der Waals surface area contributed by atoms with Crippen molar-refractivity contribution < 1.29 is 0 Å². The number of fused-ring (bicyclic) bond motifs is 8. The van der Waals surface area contributed by atoms with E-state index in [0.717, 1.165) is 27.5 Å². The fourth-order valence-electron chi connectivity index (χ4n) is 6.42. The molecule has 43 heavy (non-hydrogen) atoms. The maximum atomic E-state index is 5.13. The van der Waals surface area contributed by atoms with Gasteiger partial charge in [0.15, 0.2) is 11.6 Å². The summed E-state index contributed by atoms with van der Waals surface area (Å²) in [4.78, 5) is 15.2. The van der Waals surface area contributed by atoms with Gasteiger partial charge in [-0.15, -0.1) is 0 Å². The lowest BCUT2D eigenvalue weighted by atomic mass is 9.95. The van der Waals surface area contributed by atoms with E-state index in [1.807, 2.05) is 30.3 Å². The fraction of sp³-hybridized carbons (Fsp3) is 0. The molecule has 2 heterocycles. The summed E-state index contributed by atoms with van der Waals surface area (Å²) in [5, 5.41) is 9.73. The van der Waals surface area contributed by atoms with Crippen LogP contribution in [0.5, 0.6) is 0 Å². The molecule has 0 unspecified atom stereocenters. The second-order valence-corrected chi connectivity index (χ2v) is 10.9. The Kier molecular flexibility index (Phi) is 5.16. The Morgan fingerprint density at radius 3 is 1.67 bits per heavy atom. The predicted octanol–water partition coefficient (Wildman–Crippen LogP) is 9.76. The van der Waals surface area contributed by atoms with Crippen molar-refractivity contribution in [2.45, 2.75) is 0 Å². The van der Waals surface area contributed by atoms with Crippen LogP contribution >= 0.6 is 0 Å². The molecule has 0 radical (unpaired) electrons. The molecule has 4 heteroatoms. The largest absolute Gasteiger partial charge is 0.278 e. The molecular weight excluding hydrogens is 524 g/mol. The molecule has 2 aromatic heterocycles. The van der Waals surface area contributed by atoms with Crippen LogP contribution in [0.25, 0.3) is 82.8 Å². The highest BCUT2D eigenvalue weighted by atomic mass is 15.2. The van der Waals surface area contributed by atoms with Crippen LogP contribution in [0.4, 0.5) is 0 Å². The summed E-state index contributed by atoms with van der Waals surface area (Å²) in [5.41, 5.74) is 4.04. The summed E-state index contributed by atoms with van der Waals surface area (Å²) < 4.78 is 2.16. The third kappa shape index (κ3) is 3.74. The Balaban J connectivity index is 1.31. The van der Waals surface area contributed by atoms with E-state index < -0.39 is 0 Å². The SMILES string of the molecule is c1ccc(-c2nc(-c3ccc4c(ccc5ccc6ccccc6c54)c3)nc(-n3c4ccccc4c4ccccc43)n2)cc1. The van der Waals surface area contributed by atoms with Gasteiger partial charge in [-0.05, 0) is 50.5 Å². The number of hydrogen-bond acceptors (Lipinski definition) is 3. The maximum absolute atomic E-state index is 5.13. The minimum absolute atomic E-state index is 0.603. The molecule has 0 N–H and O–H groups in total. The van der Waals surface area contributed by atoms with Crippen molar-refractivity contribution in [2.75, 3.05) is 0 Å². The molecule has 0 aliphatic rings. The molecule has 0 amide bonds. The van der Waals surface area contributed by atoms with Gasteiger partial charge < -0.3 is 0 Å². The van der Waals surface area contributed by atoms with Crippen LogP contribution in [0.2, 0.25) is 0 Å². The number of nitrogens with zero attached hydrogens (tertiary/aromatic N) is 4. The van der Waals surface area contributed by atoms with Crippen molar-refractivity contribution in [1.82, 2.24) is 19.5 Å². The number of aromatic nitrogens is 4. The van der Waals surface area contributed by atoms with Gasteiger partial charge in [0, 0.05) is 21.9 Å². The van der Waals surface area contributed by atoms with Crippen LogP contribution < -0.4 is 0 Å². The van der Waals surface area contributed by atoms with Gasteiger partial charge in [-0.25, -0.2) is 4.98 Å². The van der Waals surface area contributed by atoms with Crippen molar-refractivity contribution >= 4 is 54.1 Å². The minimum Gasteiger partial charge on any atom is -0.278 e. The molecule has 0 fully saturated rings. The standard InChI is InChI=1S/C39H24N4/c1-2-11-27(12-3-1)37-40-38(42-39(41-37)43-34-16-8-6-14-32(34)33-15-7-9-17-35(33)43)29-22-23-31-28(24-29)21-20-26-19-18-25-10-4-5-13-30(25)36(26)31/h1-24H. The lowest BCUT2D eigenvalue weighted by Crippen LogP contribution is -2.06. The van der Waals surface area contributed by atoms with Gasteiger partial charge in [0.25, 0.3) is 0 Å². The summed E-state index contributed by atoms with van der Waals surface area (Å²) in [6.07, 6.45) is 0. The highest BCUT2D eigenvalue weighted by Gasteiger charge is 2.18. The third-order valence-electron chi connectivity index (χ3n) is 8.42. The zero-order valence-electron chi connectivity index (χ0n) is 23.1. The Bertz CT molecular complexity index is 2460. The molecule has 0 aliphatic carbocycles. The second-order valence-electron chi connectivity index (χ2n) is 10.9. The first-order chi connectivity index (χ1) is 21.3. The molecule has 0 saturated heterocycles. The third-order valence-corrected chi connectivity index (χ3v) is 8.42. The van der Waals surface area contributed by atoms with Crippen LogP contribution in [-0.2, 0) is 0 Å². The van der Waals surface area contributed by atoms with Crippen molar-refractivity contribution in [1.29, 1.82) is 0 Å².